The predicted molar refractivity (Wildman–Crippen MR) is 69.0 cm³/mol. The van der Waals surface area contributed by atoms with Gasteiger partial charge in [0, 0.05) is 26.8 Å². The van der Waals surface area contributed by atoms with E-state index in [1.165, 1.54) is 0 Å². The smallest absolute Gasteiger partial charge is 0.0831 e. The van der Waals surface area contributed by atoms with Crippen molar-refractivity contribution in [2.75, 3.05) is 7.11 Å². The van der Waals surface area contributed by atoms with Crippen molar-refractivity contribution in [3.63, 3.8) is 0 Å². The summed E-state index contributed by atoms with van der Waals surface area (Å²) in [5, 5.41) is 14.3. The third-order valence-electron chi connectivity index (χ3n) is 2.83. The molecule has 0 saturated carbocycles. The van der Waals surface area contributed by atoms with Crippen molar-refractivity contribution >= 4 is 0 Å². The fraction of sp³-hybridized carbons (Fsp3) is 0.357. The van der Waals surface area contributed by atoms with Gasteiger partial charge in [0.2, 0.25) is 0 Å². The maximum absolute atomic E-state index is 10.2. The predicted octanol–water partition coefficient (Wildman–Crippen LogP) is 1.84. The topological polar surface area (TPSA) is 47.3 Å². The van der Waals surface area contributed by atoms with Gasteiger partial charge in [0.25, 0.3) is 0 Å². The summed E-state index contributed by atoms with van der Waals surface area (Å²) < 4.78 is 6.83. The van der Waals surface area contributed by atoms with Crippen molar-refractivity contribution in [2.45, 2.75) is 19.1 Å². The Morgan fingerprint density at radius 2 is 2.22 bits per heavy atom. The molecule has 0 fully saturated rings. The Balaban J connectivity index is 2.08. The summed E-state index contributed by atoms with van der Waals surface area (Å²) in [4.78, 5) is 0. The fourth-order valence-electron chi connectivity index (χ4n) is 1.98. The lowest BCUT2D eigenvalue weighted by Crippen LogP contribution is -2.02. The van der Waals surface area contributed by atoms with Crippen LogP contribution in [0, 0.1) is 0 Å². The van der Waals surface area contributed by atoms with E-state index < -0.39 is 6.10 Å². The van der Waals surface area contributed by atoms with Crippen LogP contribution in [0.1, 0.15) is 22.8 Å². The number of benzene rings is 1. The first kappa shape index (κ1) is 12.8. The summed E-state index contributed by atoms with van der Waals surface area (Å²) in [6.07, 6.45) is 3.76. The number of hydrogen-bond acceptors (Lipinski definition) is 3. The largest absolute Gasteiger partial charge is 0.388 e. The van der Waals surface area contributed by atoms with Gasteiger partial charge in [-0.2, -0.15) is 5.10 Å². The van der Waals surface area contributed by atoms with Gasteiger partial charge in [-0.3, -0.25) is 4.68 Å². The molecule has 0 aliphatic rings. The van der Waals surface area contributed by atoms with Crippen molar-refractivity contribution in [1.29, 1.82) is 0 Å². The number of aliphatic hydroxyl groups excluding tert-OH is 1. The molecule has 2 aromatic rings. The minimum absolute atomic E-state index is 0.508. The number of ether oxygens (including phenoxy) is 1. The molecule has 0 radical (unpaired) electrons. The lowest BCUT2D eigenvalue weighted by molar-refractivity contribution is 0.175. The van der Waals surface area contributed by atoms with E-state index in [0.717, 1.165) is 16.7 Å². The summed E-state index contributed by atoms with van der Waals surface area (Å²) in [6.45, 7) is 0.563. The van der Waals surface area contributed by atoms with Gasteiger partial charge in [0.15, 0.2) is 0 Å². The number of methoxy groups -OCH3 is 1. The third-order valence-corrected chi connectivity index (χ3v) is 2.83. The highest BCUT2D eigenvalue weighted by atomic mass is 16.5. The average Bonchev–Trinajstić information content (AvgIpc) is 2.75. The Morgan fingerprint density at radius 3 is 2.89 bits per heavy atom. The Bertz CT molecular complexity index is 508. The van der Waals surface area contributed by atoms with Gasteiger partial charge in [-0.25, -0.2) is 0 Å². The molecule has 96 valence electrons. The Kier molecular flexibility index (Phi) is 4.12. The van der Waals surface area contributed by atoms with Crippen molar-refractivity contribution in [2.24, 2.45) is 7.05 Å². The first-order chi connectivity index (χ1) is 8.69. The second-order valence-electron chi connectivity index (χ2n) is 4.42. The van der Waals surface area contributed by atoms with Crippen LogP contribution < -0.4 is 0 Å². The molecule has 0 aliphatic carbocycles. The zero-order valence-electron chi connectivity index (χ0n) is 10.7. The van der Waals surface area contributed by atoms with Crippen LogP contribution in [0.5, 0.6) is 0 Å². The van der Waals surface area contributed by atoms with E-state index in [0.29, 0.717) is 13.0 Å². The Hall–Kier alpha value is -1.65. The van der Waals surface area contributed by atoms with Crippen LogP contribution in [-0.2, 0) is 24.8 Å². The van der Waals surface area contributed by atoms with E-state index in [4.69, 9.17) is 4.74 Å². The Labute approximate surface area is 107 Å². The Morgan fingerprint density at radius 1 is 1.39 bits per heavy atom. The molecule has 1 aromatic heterocycles. The normalized spacial score (nSPS) is 12.6. The van der Waals surface area contributed by atoms with E-state index in [9.17, 15) is 5.11 Å². The molecule has 1 aromatic carbocycles. The van der Waals surface area contributed by atoms with Crippen LogP contribution in [0.15, 0.2) is 36.7 Å². The molecule has 1 N–H and O–H groups in total. The van der Waals surface area contributed by atoms with Crippen LogP contribution in [-0.4, -0.2) is 22.0 Å². The number of aliphatic hydroxyl groups is 1. The number of aromatic nitrogens is 2. The van der Waals surface area contributed by atoms with Gasteiger partial charge in [-0.05, 0) is 16.7 Å². The first-order valence-electron chi connectivity index (χ1n) is 5.92. The lowest BCUT2D eigenvalue weighted by Gasteiger charge is -2.11. The molecule has 0 bridgehead atoms. The van der Waals surface area contributed by atoms with Crippen LogP contribution in [0.4, 0.5) is 0 Å². The maximum Gasteiger partial charge on any atom is 0.0831 e. The van der Waals surface area contributed by atoms with E-state index in [1.807, 2.05) is 37.5 Å². The average molecular weight is 246 g/mol. The van der Waals surface area contributed by atoms with Gasteiger partial charge in [0.05, 0.1) is 18.9 Å². The number of hydrogen-bond donors (Lipinski definition) is 1. The van der Waals surface area contributed by atoms with Gasteiger partial charge < -0.3 is 9.84 Å². The monoisotopic (exact) mass is 246 g/mol. The summed E-state index contributed by atoms with van der Waals surface area (Å²) in [6, 6.07) is 7.84. The van der Waals surface area contributed by atoms with Crippen molar-refractivity contribution < 1.29 is 9.84 Å². The SMILES string of the molecule is COCc1cccc(C(O)Cc2cnn(C)c2)c1. The number of nitrogens with zero attached hydrogens (tertiary/aromatic N) is 2. The van der Waals surface area contributed by atoms with Crippen LogP contribution in [0.25, 0.3) is 0 Å². The molecule has 0 amide bonds. The van der Waals surface area contributed by atoms with Crippen LogP contribution in [0.2, 0.25) is 0 Å². The summed E-state index contributed by atoms with van der Waals surface area (Å²) in [5.74, 6) is 0. The summed E-state index contributed by atoms with van der Waals surface area (Å²) in [7, 11) is 3.54. The number of rotatable bonds is 5. The molecule has 0 aliphatic heterocycles. The molecule has 0 spiro atoms. The molecule has 2 rings (SSSR count). The second kappa shape index (κ2) is 5.80. The quantitative estimate of drug-likeness (QED) is 0.875. The molecular formula is C14H18N2O2. The lowest BCUT2D eigenvalue weighted by atomic mass is 10.0. The minimum Gasteiger partial charge on any atom is -0.388 e. The highest BCUT2D eigenvalue weighted by molar-refractivity contribution is 5.26. The van der Waals surface area contributed by atoms with E-state index in [1.54, 1.807) is 18.0 Å². The molecule has 18 heavy (non-hydrogen) atoms. The van der Waals surface area contributed by atoms with Gasteiger partial charge in [-0.1, -0.05) is 24.3 Å². The molecule has 4 heteroatoms. The maximum atomic E-state index is 10.2. The highest BCUT2D eigenvalue weighted by Crippen LogP contribution is 2.19. The van der Waals surface area contributed by atoms with Crippen molar-refractivity contribution in [3.05, 3.63) is 53.3 Å². The number of aryl methyl sites for hydroxylation is 1. The summed E-state index contributed by atoms with van der Waals surface area (Å²) in [5.41, 5.74) is 3.01. The third kappa shape index (κ3) is 3.18. The first-order valence-corrected chi connectivity index (χ1v) is 5.92. The zero-order chi connectivity index (χ0) is 13.0. The molecule has 1 unspecified atom stereocenters. The molecule has 1 atom stereocenters. The van der Waals surface area contributed by atoms with E-state index >= 15 is 0 Å². The highest BCUT2D eigenvalue weighted by Gasteiger charge is 2.10. The van der Waals surface area contributed by atoms with Gasteiger partial charge in [-0.15, -0.1) is 0 Å². The van der Waals surface area contributed by atoms with Crippen molar-refractivity contribution in [3.8, 4) is 0 Å². The zero-order valence-corrected chi connectivity index (χ0v) is 10.7. The summed E-state index contributed by atoms with van der Waals surface area (Å²) >= 11 is 0. The molecule has 4 nitrogen and oxygen atoms in total. The molecule has 0 saturated heterocycles. The van der Waals surface area contributed by atoms with Gasteiger partial charge in [0.1, 0.15) is 0 Å². The van der Waals surface area contributed by atoms with E-state index in [-0.39, 0.29) is 0 Å². The minimum atomic E-state index is -0.508. The second-order valence-corrected chi connectivity index (χ2v) is 4.42. The standard InChI is InChI=1S/C14H18N2O2/c1-16-9-12(8-15-16)7-14(17)13-5-3-4-11(6-13)10-18-2/h3-6,8-9,14,17H,7,10H2,1-2H3. The molecular weight excluding hydrogens is 228 g/mol. The van der Waals surface area contributed by atoms with E-state index in [2.05, 4.69) is 5.10 Å². The van der Waals surface area contributed by atoms with Crippen LogP contribution >= 0.6 is 0 Å². The fourth-order valence-corrected chi connectivity index (χ4v) is 1.98. The van der Waals surface area contributed by atoms with Crippen molar-refractivity contribution in [1.82, 2.24) is 9.78 Å². The molecule has 1 heterocycles. The van der Waals surface area contributed by atoms with Gasteiger partial charge >= 0.3 is 0 Å². The van der Waals surface area contributed by atoms with Crippen LogP contribution in [0.3, 0.4) is 0 Å².